The summed E-state index contributed by atoms with van der Waals surface area (Å²) < 4.78 is 8.61. The normalized spacial score (nSPS) is 16.0. The average Bonchev–Trinajstić information content (AvgIpc) is 3.32. The number of rotatable bonds is 4. The molecule has 8 heteroatoms. The van der Waals surface area contributed by atoms with Crippen LogP contribution in [-0.4, -0.2) is 39.1 Å². The SMILES string of the molecule is Cc1ccc2nc3c(cc(C(=O)NCC4CCCO4)c(=N)n3-c3ccccc3)c(=O)n2c1. The molecule has 0 bridgehead atoms. The number of nitrogens with one attached hydrogen (secondary N) is 2. The van der Waals surface area contributed by atoms with E-state index < -0.39 is 5.91 Å². The molecule has 1 aliphatic heterocycles. The predicted octanol–water partition coefficient (Wildman–Crippen LogP) is 2.34. The van der Waals surface area contributed by atoms with Crippen LogP contribution in [0.15, 0.2) is 59.5 Å². The zero-order chi connectivity index (χ0) is 22.2. The summed E-state index contributed by atoms with van der Waals surface area (Å²) in [6, 6.07) is 14.3. The van der Waals surface area contributed by atoms with Crippen LogP contribution in [0.4, 0.5) is 0 Å². The van der Waals surface area contributed by atoms with Crippen molar-refractivity contribution in [3.8, 4) is 5.69 Å². The third-order valence-electron chi connectivity index (χ3n) is 5.74. The number of benzene rings is 1. The van der Waals surface area contributed by atoms with E-state index >= 15 is 0 Å². The first-order valence-electron chi connectivity index (χ1n) is 10.6. The van der Waals surface area contributed by atoms with E-state index in [0.29, 0.717) is 30.1 Å². The van der Waals surface area contributed by atoms with Crippen molar-refractivity contribution in [3.05, 3.63) is 81.7 Å². The van der Waals surface area contributed by atoms with Gasteiger partial charge in [-0.25, -0.2) is 4.98 Å². The maximum atomic E-state index is 13.4. The lowest BCUT2D eigenvalue weighted by Gasteiger charge is -2.16. The zero-order valence-electron chi connectivity index (χ0n) is 17.7. The number of carbonyl (C=O) groups excluding carboxylic acids is 1. The number of nitrogens with zero attached hydrogens (tertiary/aromatic N) is 3. The van der Waals surface area contributed by atoms with Crippen molar-refractivity contribution < 1.29 is 9.53 Å². The highest BCUT2D eigenvalue weighted by molar-refractivity contribution is 5.97. The number of aromatic nitrogens is 3. The summed E-state index contributed by atoms with van der Waals surface area (Å²) >= 11 is 0. The fraction of sp³-hybridized carbons (Fsp3) is 0.250. The maximum absolute atomic E-state index is 13.4. The predicted molar refractivity (Wildman–Crippen MR) is 120 cm³/mol. The largest absolute Gasteiger partial charge is 0.376 e. The summed E-state index contributed by atoms with van der Waals surface area (Å²) in [6.45, 7) is 2.97. The number of fused-ring (bicyclic) bond motifs is 2. The number of hydrogen-bond donors (Lipinski definition) is 2. The molecule has 1 unspecified atom stereocenters. The fourth-order valence-electron chi connectivity index (χ4n) is 4.09. The first kappa shape index (κ1) is 20.1. The van der Waals surface area contributed by atoms with Gasteiger partial charge < -0.3 is 10.1 Å². The summed E-state index contributed by atoms with van der Waals surface area (Å²) in [5, 5.41) is 12.0. The quantitative estimate of drug-likeness (QED) is 0.486. The van der Waals surface area contributed by atoms with E-state index in [2.05, 4.69) is 10.3 Å². The van der Waals surface area contributed by atoms with Crippen molar-refractivity contribution >= 4 is 22.6 Å². The van der Waals surface area contributed by atoms with Crippen LogP contribution in [0.3, 0.4) is 0 Å². The number of pyridine rings is 2. The molecule has 2 N–H and O–H groups in total. The van der Waals surface area contributed by atoms with Crippen molar-refractivity contribution in [1.82, 2.24) is 19.3 Å². The summed E-state index contributed by atoms with van der Waals surface area (Å²) in [5.41, 5.74) is 2.19. The Labute approximate surface area is 183 Å². The van der Waals surface area contributed by atoms with E-state index in [4.69, 9.17) is 10.1 Å². The molecule has 0 aliphatic carbocycles. The number of hydrogen-bond acceptors (Lipinski definition) is 5. The zero-order valence-corrected chi connectivity index (χ0v) is 17.7. The van der Waals surface area contributed by atoms with Gasteiger partial charge in [-0.15, -0.1) is 0 Å². The lowest BCUT2D eigenvalue weighted by molar-refractivity contribution is 0.0856. The Balaban J connectivity index is 1.74. The number of para-hydroxylation sites is 1. The molecule has 4 heterocycles. The monoisotopic (exact) mass is 429 g/mol. The lowest BCUT2D eigenvalue weighted by Crippen LogP contribution is -2.37. The molecule has 1 aliphatic rings. The third-order valence-corrected chi connectivity index (χ3v) is 5.74. The molecule has 4 aromatic rings. The molecule has 32 heavy (non-hydrogen) atoms. The molecule has 1 aromatic carbocycles. The topological polar surface area (TPSA) is 101 Å². The van der Waals surface area contributed by atoms with Gasteiger partial charge in [-0.3, -0.25) is 24.0 Å². The highest BCUT2D eigenvalue weighted by Gasteiger charge is 2.21. The van der Waals surface area contributed by atoms with Crippen molar-refractivity contribution in [2.75, 3.05) is 13.2 Å². The van der Waals surface area contributed by atoms with E-state index in [1.54, 1.807) is 16.8 Å². The van der Waals surface area contributed by atoms with Gasteiger partial charge in [0.1, 0.15) is 11.1 Å². The molecular weight excluding hydrogens is 406 g/mol. The minimum atomic E-state index is -0.411. The summed E-state index contributed by atoms with van der Waals surface area (Å²) in [4.78, 5) is 31.1. The molecule has 0 saturated carbocycles. The second-order valence-electron chi connectivity index (χ2n) is 8.01. The number of carbonyl (C=O) groups is 1. The summed E-state index contributed by atoms with van der Waals surface area (Å²) in [5.74, 6) is -0.411. The smallest absolute Gasteiger partial charge is 0.267 e. The summed E-state index contributed by atoms with van der Waals surface area (Å²) in [6.07, 6.45) is 3.58. The fourth-order valence-corrected chi connectivity index (χ4v) is 4.09. The van der Waals surface area contributed by atoms with Crippen molar-refractivity contribution in [2.45, 2.75) is 25.9 Å². The molecule has 1 atom stereocenters. The first-order valence-corrected chi connectivity index (χ1v) is 10.6. The van der Waals surface area contributed by atoms with Crippen LogP contribution < -0.4 is 16.4 Å². The molecule has 162 valence electrons. The number of amides is 1. The molecule has 5 rings (SSSR count). The molecule has 0 spiro atoms. The average molecular weight is 429 g/mol. The van der Waals surface area contributed by atoms with Crippen LogP contribution in [0.25, 0.3) is 22.4 Å². The van der Waals surface area contributed by atoms with Gasteiger partial charge in [0.25, 0.3) is 11.5 Å². The second-order valence-corrected chi connectivity index (χ2v) is 8.01. The standard InChI is InChI=1S/C24H23N5O3/c1-15-9-10-20-27-22-19(24(31)28(20)14-15)12-18(23(30)26-13-17-8-5-11-32-17)21(25)29(22)16-6-3-2-4-7-16/h2-4,6-7,9-10,12,14,17,25H,5,8,11,13H2,1H3,(H,26,30). The van der Waals surface area contributed by atoms with Gasteiger partial charge in [0.05, 0.1) is 17.1 Å². The van der Waals surface area contributed by atoms with Crippen molar-refractivity contribution in [3.63, 3.8) is 0 Å². The Bertz CT molecular complexity index is 1450. The number of ether oxygens (including phenoxy) is 1. The van der Waals surface area contributed by atoms with Gasteiger partial charge in [0, 0.05) is 25.0 Å². The van der Waals surface area contributed by atoms with E-state index in [1.165, 1.54) is 10.5 Å². The number of aryl methyl sites for hydroxylation is 1. The van der Waals surface area contributed by atoms with Gasteiger partial charge in [0.15, 0.2) is 5.65 Å². The van der Waals surface area contributed by atoms with E-state index in [0.717, 1.165) is 18.4 Å². The minimum absolute atomic E-state index is 0.0194. The van der Waals surface area contributed by atoms with Crippen LogP contribution >= 0.6 is 0 Å². The molecule has 1 saturated heterocycles. The molecule has 1 fully saturated rings. The van der Waals surface area contributed by atoms with Gasteiger partial charge in [-0.2, -0.15) is 0 Å². The summed E-state index contributed by atoms with van der Waals surface area (Å²) in [7, 11) is 0. The van der Waals surface area contributed by atoms with E-state index in [1.807, 2.05) is 43.3 Å². The lowest BCUT2D eigenvalue weighted by atomic mass is 10.1. The molecule has 0 radical (unpaired) electrons. The second kappa shape index (κ2) is 8.05. The van der Waals surface area contributed by atoms with Crippen molar-refractivity contribution in [2.24, 2.45) is 0 Å². The Morgan fingerprint density at radius 1 is 1.25 bits per heavy atom. The first-order chi connectivity index (χ1) is 15.5. The van der Waals surface area contributed by atoms with Crippen LogP contribution in [0.2, 0.25) is 0 Å². The van der Waals surface area contributed by atoms with Crippen LogP contribution in [0.1, 0.15) is 28.8 Å². The Morgan fingerprint density at radius 2 is 2.06 bits per heavy atom. The molecule has 8 nitrogen and oxygen atoms in total. The van der Waals surface area contributed by atoms with Gasteiger partial charge in [0.2, 0.25) is 0 Å². The third kappa shape index (κ3) is 3.48. The minimum Gasteiger partial charge on any atom is -0.376 e. The Morgan fingerprint density at radius 3 is 2.81 bits per heavy atom. The van der Waals surface area contributed by atoms with Gasteiger partial charge >= 0.3 is 0 Å². The van der Waals surface area contributed by atoms with Gasteiger partial charge in [-0.05, 0) is 49.6 Å². The van der Waals surface area contributed by atoms with Crippen LogP contribution in [-0.2, 0) is 4.74 Å². The molecule has 3 aromatic heterocycles. The maximum Gasteiger partial charge on any atom is 0.267 e. The van der Waals surface area contributed by atoms with Crippen LogP contribution in [0, 0.1) is 12.3 Å². The highest BCUT2D eigenvalue weighted by Crippen LogP contribution is 2.16. The Hall–Kier alpha value is -3.78. The molecule has 1 amide bonds. The Kier molecular flexibility index (Phi) is 5.07. The van der Waals surface area contributed by atoms with Crippen LogP contribution in [0.5, 0.6) is 0 Å². The molecular formula is C24H23N5O3. The van der Waals surface area contributed by atoms with E-state index in [-0.39, 0.29) is 28.1 Å². The van der Waals surface area contributed by atoms with Crippen molar-refractivity contribution in [1.29, 1.82) is 5.41 Å². The van der Waals surface area contributed by atoms with Gasteiger partial charge in [-0.1, -0.05) is 24.3 Å². The van der Waals surface area contributed by atoms with E-state index in [9.17, 15) is 9.59 Å². The highest BCUT2D eigenvalue weighted by atomic mass is 16.5.